The van der Waals surface area contributed by atoms with Crippen molar-refractivity contribution in [3.8, 4) is 0 Å². The summed E-state index contributed by atoms with van der Waals surface area (Å²) in [4.78, 5) is 13.4. The maximum Gasteiger partial charge on any atom is 0.308 e. The zero-order valence-electron chi connectivity index (χ0n) is 10.7. The monoisotopic (exact) mass is 248 g/mol. The number of anilines is 1. The van der Waals surface area contributed by atoms with Gasteiger partial charge in [0, 0.05) is 24.8 Å². The van der Waals surface area contributed by atoms with E-state index in [2.05, 4.69) is 17.1 Å². The van der Waals surface area contributed by atoms with Crippen LogP contribution in [0.3, 0.4) is 0 Å². The van der Waals surface area contributed by atoms with Gasteiger partial charge in [0.05, 0.1) is 5.92 Å². The summed E-state index contributed by atoms with van der Waals surface area (Å²) in [6.07, 6.45) is 0.715. The van der Waals surface area contributed by atoms with Gasteiger partial charge >= 0.3 is 5.97 Å². The molecule has 0 saturated carbocycles. The summed E-state index contributed by atoms with van der Waals surface area (Å²) in [5.41, 5.74) is 1.10. The van der Waals surface area contributed by atoms with Crippen molar-refractivity contribution in [2.75, 3.05) is 24.5 Å². The lowest BCUT2D eigenvalue weighted by molar-refractivity contribution is -0.142. The van der Waals surface area contributed by atoms with Crippen molar-refractivity contribution in [2.45, 2.75) is 19.4 Å². The van der Waals surface area contributed by atoms with Crippen LogP contribution in [0.4, 0.5) is 5.69 Å². The van der Waals surface area contributed by atoms with Crippen molar-refractivity contribution in [3.63, 3.8) is 0 Å². The van der Waals surface area contributed by atoms with E-state index in [0.717, 1.165) is 18.8 Å². The Morgan fingerprint density at radius 3 is 2.72 bits per heavy atom. The van der Waals surface area contributed by atoms with Crippen molar-refractivity contribution >= 4 is 11.7 Å². The van der Waals surface area contributed by atoms with E-state index in [4.69, 9.17) is 0 Å². The van der Waals surface area contributed by atoms with Gasteiger partial charge in [-0.1, -0.05) is 25.1 Å². The van der Waals surface area contributed by atoms with Gasteiger partial charge < -0.3 is 15.3 Å². The van der Waals surface area contributed by atoms with E-state index in [1.54, 1.807) is 0 Å². The summed E-state index contributed by atoms with van der Waals surface area (Å²) >= 11 is 0. The number of para-hydroxylation sites is 1. The van der Waals surface area contributed by atoms with Crippen LogP contribution in [0.15, 0.2) is 30.3 Å². The Kier molecular flexibility index (Phi) is 4.20. The summed E-state index contributed by atoms with van der Waals surface area (Å²) < 4.78 is 0. The SMILES string of the molecule is CCNC1CC(C(=O)O)CN(c2ccccc2)C1. The second-order valence-electron chi connectivity index (χ2n) is 4.77. The first-order valence-electron chi connectivity index (χ1n) is 6.47. The Hall–Kier alpha value is -1.55. The highest BCUT2D eigenvalue weighted by atomic mass is 16.4. The fourth-order valence-corrected chi connectivity index (χ4v) is 2.56. The van der Waals surface area contributed by atoms with Crippen molar-refractivity contribution in [1.29, 1.82) is 0 Å². The Morgan fingerprint density at radius 1 is 1.39 bits per heavy atom. The molecule has 0 aliphatic carbocycles. The van der Waals surface area contributed by atoms with Gasteiger partial charge in [0.25, 0.3) is 0 Å². The smallest absolute Gasteiger partial charge is 0.308 e. The normalized spacial score (nSPS) is 23.9. The predicted molar refractivity (Wildman–Crippen MR) is 71.9 cm³/mol. The molecule has 1 aliphatic rings. The molecule has 2 atom stereocenters. The van der Waals surface area contributed by atoms with E-state index in [-0.39, 0.29) is 12.0 Å². The van der Waals surface area contributed by atoms with Crippen LogP contribution in [-0.4, -0.2) is 36.8 Å². The predicted octanol–water partition coefficient (Wildman–Crippen LogP) is 1.58. The third-order valence-corrected chi connectivity index (χ3v) is 3.41. The van der Waals surface area contributed by atoms with Crippen LogP contribution in [0.2, 0.25) is 0 Å². The summed E-state index contributed by atoms with van der Waals surface area (Å²) in [7, 11) is 0. The van der Waals surface area contributed by atoms with Crippen LogP contribution in [0.5, 0.6) is 0 Å². The van der Waals surface area contributed by atoms with E-state index in [0.29, 0.717) is 13.0 Å². The molecule has 4 heteroatoms. The Morgan fingerprint density at radius 2 is 2.11 bits per heavy atom. The second kappa shape index (κ2) is 5.87. The van der Waals surface area contributed by atoms with Crippen molar-refractivity contribution in [3.05, 3.63) is 30.3 Å². The lowest BCUT2D eigenvalue weighted by atomic mass is 9.94. The molecular weight excluding hydrogens is 228 g/mol. The number of rotatable bonds is 4. The molecule has 0 spiro atoms. The van der Waals surface area contributed by atoms with E-state index < -0.39 is 5.97 Å². The summed E-state index contributed by atoms with van der Waals surface area (Å²) in [6.45, 7) is 4.40. The van der Waals surface area contributed by atoms with Crippen LogP contribution in [0, 0.1) is 5.92 Å². The van der Waals surface area contributed by atoms with E-state index >= 15 is 0 Å². The first-order valence-corrected chi connectivity index (χ1v) is 6.47. The third kappa shape index (κ3) is 3.01. The number of likely N-dealkylation sites (N-methyl/N-ethyl adjacent to an activating group) is 1. The zero-order chi connectivity index (χ0) is 13.0. The van der Waals surface area contributed by atoms with Gasteiger partial charge in [0.15, 0.2) is 0 Å². The van der Waals surface area contributed by atoms with Crippen LogP contribution < -0.4 is 10.2 Å². The van der Waals surface area contributed by atoms with E-state index in [9.17, 15) is 9.90 Å². The summed E-state index contributed by atoms with van der Waals surface area (Å²) in [5, 5.41) is 12.6. The maximum absolute atomic E-state index is 11.2. The molecule has 2 rings (SSSR count). The number of benzene rings is 1. The molecule has 2 N–H and O–H groups in total. The molecule has 1 aliphatic heterocycles. The van der Waals surface area contributed by atoms with Crippen LogP contribution >= 0.6 is 0 Å². The number of carboxylic acids is 1. The second-order valence-corrected chi connectivity index (χ2v) is 4.77. The number of hydrogen-bond donors (Lipinski definition) is 2. The molecule has 1 heterocycles. The van der Waals surface area contributed by atoms with Crippen LogP contribution in [0.25, 0.3) is 0 Å². The van der Waals surface area contributed by atoms with Crippen molar-refractivity contribution in [2.24, 2.45) is 5.92 Å². The number of nitrogens with one attached hydrogen (secondary N) is 1. The van der Waals surface area contributed by atoms with Gasteiger partial charge in [-0.2, -0.15) is 0 Å². The van der Waals surface area contributed by atoms with Gasteiger partial charge in [0.1, 0.15) is 0 Å². The average molecular weight is 248 g/mol. The highest BCUT2D eigenvalue weighted by molar-refractivity contribution is 5.71. The van der Waals surface area contributed by atoms with Gasteiger partial charge in [-0.25, -0.2) is 0 Å². The first-order chi connectivity index (χ1) is 8.70. The molecule has 0 bridgehead atoms. The minimum Gasteiger partial charge on any atom is -0.481 e. The lowest BCUT2D eigenvalue weighted by Crippen LogP contribution is -2.51. The molecule has 18 heavy (non-hydrogen) atoms. The zero-order valence-corrected chi connectivity index (χ0v) is 10.7. The standard InChI is InChI=1S/C14H20N2O2/c1-2-15-12-8-11(14(17)18)9-16(10-12)13-6-4-3-5-7-13/h3-7,11-12,15H,2,8-10H2,1H3,(H,17,18). The Bertz CT molecular complexity index is 394. The van der Waals surface area contributed by atoms with Crippen molar-refractivity contribution < 1.29 is 9.90 Å². The number of hydrogen-bond acceptors (Lipinski definition) is 3. The molecule has 2 unspecified atom stereocenters. The first kappa shape index (κ1) is 12.9. The summed E-state index contributed by atoms with van der Waals surface area (Å²) in [6, 6.07) is 10.3. The van der Waals surface area contributed by atoms with Crippen LogP contribution in [-0.2, 0) is 4.79 Å². The van der Waals surface area contributed by atoms with Crippen LogP contribution in [0.1, 0.15) is 13.3 Å². The molecule has 1 aromatic carbocycles. The molecule has 1 fully saturated rings. The van der Waals surface area contributed by atoms with Gasteiger partial charge in [-0.05, 0) is 25.1 Å². The largest absolute Gasteiger partial charge is 0.481 e. The van der Waals surface area contributed by atoms with Gasteiger partial charge in [-0.15, -0.1) is 0 Å². The van der Waals surface area contributed by atoms with E-state index in [1.165, 1.54) is 0 Å². The number of aliphatic carboxylic acids is 1. The third-order valence-electron chi connectivity index (χ3n) is 3.41. The molecule has 0 aromatic heterocycles. The number of carboxylic acid groups (broad SMARTS) is 1. The molecule has 4 nitrogen and oxygen atoms in total. The average Bonchev–Trinajstić information content (AvgIpc) is 2.40. The van der Waals surface area contributed by atoms with Crippen molar-refractivity contribution in [1.82, 2.24) is 5.32 Å². The maximum atomic E-state index is 11.2. The minimum atomic E-state index is -0.696. The molecule has 98 valence electrons. The van der Waals surface area contributed by atoms with E-state index in [1.807, 2.05) is 30.3 Å². The Balaban J connectivity index is 2.12. The number of nitrogens with zero attached hydrogens (tertiary/aromatic N) is 1. The Labute approximate surface area is 108 Å². The quantitative estimate of drug-likeness (QED) is 0.849. The number of carbonyl (C=O) groups is 1. The molecular formula is C14H20N2O2. The van der Waals surface area contributed by atoms with Gasteiger partial charge in [0.2, 0.25) is 0 Å². The number of piperidine rings is 1. The summed E-state index contributed by atoms with van der Waals surface area (Å²) in [5.74, 6) is -0.985. The van der Waals surface area contributed by atoms with Gasteiger partial charge in [-0.3, -0.25) is 4.79 Å². The topological polar surface area (TPSA) is 52.6 Å². The molecule has 1 aromatic rings. The highest BCUT2D eigenvalue weighted by Crippen LogP contribution is 2.23. The fourth-order valence-electron chi connectivity index (χ4n) is 2.56. The lowest BCUT2D eigenvalue weighted by Gasteiger charge is -2.38. The minimum absolute atomic E-state index is 0.255. The molecule has 1 saturated heterocycles. The highest BCUT2D eigenvalue weighted by Gasteiger charge is 2.31. The fraction of sp³-hybridized carbons (Fsp3) is 0.500. The molecule has 0 amide bonds. The molecule has 0 radical (unpaired) electrons.